The molecule has 39 heavy (non-hydrogen) atoms. The SMILES string of the molecule is C=CCCCCC(=O)N(C1CCCC1)C1CC(C(=O)NCCO)=CC(Oc2c(I)cc(CO)cc2OC)C1O. The summed E-state index contributed by atoms with van der Waals surface area (Å²) in [5.41, 5.74) is 1.05. The maximum absolute atomic E-state index is 13.6. The molecule has 9 nitrogen and oxygen atoms in total. The lowest BCUT2D eigenvalue weighted by Crippen LogP contribution is -2.57. The standard InChI is InChI=1S/C29H41IN2O7/c1-3-4-5-6-11-26(35)32(21-9-7-8-10-21)23-16-20(29(37)31-12-13-33)17-24(27(23)36)39-28-22(30)14-19(18-34)15-25(28)38-2/h3,14-15,17,21,23-24,27,33-34,36H,1,4-13,16,18H2,2H3,(H,31,37). The van der Waals surface area contributed by atoms with Gasteiger partial charge in [0.05, 0.1) is 29.9 Å². The van der Waals surface area contributed by atoms with Gasteiger partial charge >= 0.3 is 0 Å². The second-order valence-corrected chi connectivity index (χ2v) is 11.2. The van der Waals surface area contributed by atoms with E-state index in [4.69, 9.17) is 9.47 Å². The average Bonchev–Trinajstić information content (AvgIpc) is 3.46. The summed E-state index contributed by atoms with van der Waals surface area (Å²) in [6.07, 6.45) is 8.15. The fourth-order valence-corrected chi connectivity index (χ4v) is 6.19. The summed E-state index contributed by atoms with van der Waals surface area (Å²) in [5.74, 6) is 0.391. The molecule has 3 rings (SSSR count). The highest BCUT2D eigenvalue weighted by atomic mass is 127. The van der Waals surface area contributed by atoms with Crippen LogP contribution in [0.1, 0.15) is 63.4 Å². The van der Waals surface area contributed by atoms with Crippen molar-refractivity contribution in [1.82, 2.24) is 10.2 Å². The van der Waals surface area contributed by atoms with Crippen molar-refractivity contribution in [1.29, 1.82) is 0 Å². The number of methoxy groups -OCH3 is 1. The summed E-state index contributed by atoms with van der Waals surface area (Å²) in [7, 11) is 1.50. The van der Waals surface area contributed by atoms with E-state index in [0.717, 1.165) is 44.9 Å². The number of rotatable bonds is 14. The van der Waals surface area contributed by atoms with Gasteiger partial charge in [0, 0.05) is 31.0 Å². The van der Waals surface area contributed by atoms with E-state index in [1.165, 1.54) is 7.11 Å². The molecule has 2 aliphatic rings. The van der Waals surface area contributed by atoms with Crippen molar-refractivity contribution in [2.75, 3.05) is 20.3 Å². The lowest BCUT2D eigenvalue weighted by molar-refractivity contribution is -0.142. The molecule has 0 radical (unpaired) electrons. The van der Waals surface area contributed by atoms with Gasteiger partial charge in [0.1, 0.15) is 12.2 Å². The first-order valence-corrected chi connectivity index (χ1v) is 14.8. The van der Waals surface area contributed by atoms with Crippen LogP contribution in [0, 0.1) is 3.57 Å². The second kappa shape index (κ2) is 15.6. The molecule has 3 atom stereocenters. The highest BCUT2D eigenvalue weighted by Crippen LogP contribution is 2.38. The first-order chi connectivity index (χ1) is 18.8. The molecule has 10 heteroatoms. The number of aliphatic hydroxyl groups is 3. The topological polar surface area (TPSA) is 129 Å². The van der Waals surface area contributed by atoms with E-state index in [9.17, 15) is 24.9 Å². The number of aliphatic hydroxyl groups excluding tert-OH is 3. The molecule has 1 aromatic carbocycles. The molecule has 0 heterocycles. The van der Waals surface area contributed by atoms with Gasteiger partial charge < -0.3 is 35.0 Å². The van der Waals surface area contributed by atoms with Crippen LogP contribution in [0.3, 0.4) is 0 Å². The number of carbonyl (C=O) groups excluding carboxylic acids is 2. The minimum Gasteiger partial charge on any atom is -0.493 e. The molecule has 4 N–H and O–H groups in total. The number of amides is 2. The van der Waals surface area contributed by atoms with Crippen molar-refractivity contribution in [2.24, 2.45) is 0 Å². The van der Waals surface area contributed by atoms with Crippen molar-refractivity contribution in [2.45, 2.75) is 88.7 Å². The monoisotopic (exact) mass is 656 g/mol. The number of hydrogen-bond acceptors (Lipinski definition) is 7. The maximum Gasteiger partial charge on any atom is 0.247 e. The number of unbranched alkanes of at least 4 members (excludes halogenated alkanes) is 2. The second-order valence-electron chi connectivity index (χ2n) is 10.1. The van der Waals surface area contributed by atoms with E-state index in [1.807, 2.05) is 11.0 Å². The van der Waals surface area contributed by atoms with Crippen LogP contribution >= 0.6 is 22.6 Å². The third-order valence-electron chi connectivity index (χ3n) is 7.35. The first kappa shape index (κ1) is 31.4. The Bertz CT molecular complexity index is 1030. The Morgan fingerprint density at radius 3 is 2.62 bits per heavy atom. The van der Waals surface area contributed by atoms with E-state index in [2.05, 4.69) is 34.5 Å². The van der Waals surface area contributed by atoms with E-state index >= 15 is 0 Å². The predicted molar refractivity (Wildman–Crippen MR) is 156 cm³/mol. The van der Waals surface area contributed by atoms with Gasteiger partial charge in [0.15, 0.2) is 11.5 Å². The predicted octanol–water partition coefficient (Wildman–Crippen LogP) is 3.23. The van der Waals surface area contributed by atoms with Crippen LogP contribution in [0.15, 0.2) is 36.4 Å². The Hall–Kier alpha value is -2.15. The Morgan fingerprint density at radius 2 is 1.97 bits per heavy atom. The van der Waals surface area contributed by atoms with Crippen LogP contribution in [0.5, 0.6) is 11.5 Å². The molecule has 1 fully saturated rings. The molecule has 2 amide bonds. The molecule has 0 spiro atoms. The Kier molecular flexibility index (Phi) is 12.5. The molecular formula is C29H41IN2O7. The van der Waals surface area contributed by atoms with Gasteiger partial charge in [-0.1, -0.05) is 18.9 Å². The molecule has 0 saturated heterocycles. The highest BCUT2D eigenvalue weighted by molar-refractivity contribution is 14.1. The van der Waals surface area contributed by atoms with E-state index in [0.29, 0.717) is 32.6 Å². The number of ether oxygens (including phenoxy) is 2. The largest absolute Gasteiger partial charge is 0.493 e. The fraction of sp³-hybridized carbons (Fsp3) is 0.586. The van der Waals surface area contributed by atoms with Crippen LogP contribution in [0.4, 0.5) is 0 Å². The van der Waals surface area contributed by atoms with Gasteiger partial charge in [-0.2, -0.15) is 0 Å². The molecule has 0 aromatic heterocycles. The summed E-state index contributed by atoms with van der Waals surface area (Å²) in [6.45, 7) is 3.48. The number of nitrogens with zero attached hydrogens (tertiary/aromatic N) is 1. The van der Waals surface area contributed by atoms with Gasteiger partial charge in [-0.15, -0.1) is 6.58 Å². The van der Waals surface area contributed by atoms with Crippen LogP contribution in [0.25, 0.3) is 0 Å². The number of carbonyl (C=O) groups is 2. The molecule has 0 aliphatic heterocycles. The summed E-state index contributed by atoms with van der Waals surface area (Å²) in [4.78, 5) is 28.5. The molecule has 2 aliphatic carbocycles. The van der Waals surface area contributed by atoms with Crippen LogP contribution in [-0.4, -0.2) is 76.6 Å². The highest BCUT2D eigenvalue weighted by Gasteiger charge is 2.43. The van der Waals surface area contributed by atoms with Gasteiger partial charge in [0.2, 0.25) is 11.8 Å². The fourth-order valence-electron chi connectivity index (χ4n) is 5.40. The molecule has 3 unspecified atom stereocenters. The van der Waals surface area contributed by atoms with Crippen LogP contribution < -0.4 is 14.8 Å². The molecule has 216 valence electrons. The third kappa shape index (κ3) is 8.18. The van der Waals surface area contributed by atoms with E-state index < -0.39 is 18.2 Å². The molecule has 0 bridgehead atoms. The maximum atomic E-state index is 13.6. The van der Waals surface area contributed by atoms with Crippen molar-refractivity contribution in [3.8, 4) is 11.5 Å². The first-order valence-electron chi connectivity index (χ1n) is 13.7. The lowest BCUT2D eigenvalue weighted by atomic mass is 9.87. The summed E-state index contributed by atoms with van der Waals surface area (Å²) in [5, 5.41) is 33.2. The van der Waals surface area contributed by atoms with Crippen molar-refractivity contribution in [3.63, 3.8) is 0 Å². The zero-order valence-corrected chi connectivity index (χ0v) is 24.8. The Labute approximate surface area is 244 Å². The van der Waals surface area contributed by atoms with Gasteiger partial charge in [-0.3, -0.25) is 9.59 Å². The summed E-state index contributed by atoms with van der Waals surface area (Å²) < 4.78 is 12.5. The van der Waals surface area contributed by atoms with Crippen LogP contribution in [0.2, 0.25) is 0 Å². The molecule has 1 aromatic rings. The number of hydrogen-bond donors (Lipinski definition) is 4. The number of allylic oxidation sites excluding steroid dienone is 1. The van der Waals surface area contributed by atoms with Crippen molar-refractivity contribution < 1.29 is 34.4 Å². The van der Waals surface area contributed by atoms with Crippen LogP contribution in [-0.2, 0) is 16.2 Å². The number of benzene rings is 1. The molecular weight excluding hydrogens is 615 g/mol. The smallest absolute Gasteiger partial charge is 0.247 e. The minimum atomic E-state index is -1.09. The van der Waals surface area contributed by atoms with Gasteiger partial charge in [-0.25, -0.2) is 0 Å². The number of nitrogens with one attached hydrogen (secondary N) is 1. The quantitative estimate of drug-likeness (QED) is 0.138. The lowest BCUT2D eigenvalue weighted by Gasteiger charge is -2.43. The Morgan fingerprint density at radius 1 is 1.23 bits per heavy atom. The number of halogens is 1. The summed E-state index contributed by atoms with van der Waals surface area (Å²) in [6, 6.07) is 2.78. The third-order valence-corrected chi connectivity index (χ3v) is 8.15. The minimum absolute atomic E-state index is 0.00410. The Balaban J connectivity index is 1.97. The zero-order chi connectivity index (χ0) is 28.4. The van der Waals surface area contributed by atoms with Gasteiger partial charge in [0.25, 0.3) is 0 Å². The van der Waals surface area contributed by atoms with Crippen molar-refractivity contribution in [3.05, 3.63) is 45.6 Å². The average molecular weight is 657 g/mol. The normalized spacial score (nSPS) is 21.3. The zero-order valence-electron chi connectivity index (χ0n) is 22.6. The van der Waals surface area contributed by atoms with Crippen molar-refractivity contribution >= 4 is 34.4 Å². The molecule has 1 saturated carbocycles. The van der Waals surface area contributed by atoms with Gasteiger partial charge in [-0.05, 0) is 78.5 Å². The van der Waals surface area contributed by atoms with E-state index in [1.54, 1.807) is 18.2 Å². The summed E-state index contributed by atoms with van der Waals surface area (Å²) >= 11 is 2.08. The van der Waals surface area contributed by atoms with E-state index in [-0.39, 0.29) is 44.0 Å².